The predicted molar refractivity (Wildman–Crippen MR) is 220 cm³/mol. The molecule has 1 aliphatic rings. The summed E-state index contributed by atoms with van der Waals surface area (Å²) in [5.41, 5.74) is 5.17. The van der Waals surface area contributed by atoms with Crippen LogP contribution >= 0.6 is 44.3 Å². The van der Waals surface area contributed by atoms with E-state index in [0.29, 0.717) is 26.3 Å². The number of carboxylic acid groups (broad SMARTS) is 1. The maximum Gasteiger partial charge on any atom is 0.339 e. The maximum absolute atomic E-state index is 13.5. The summed E-state index contributed by atoms with van der Waals surface area (Å²) in [5.74, 6) is 54.6. The summed E-state index contributed by atoms with van der Waals surface area (Å²) in [6.07, 6.45) is 14.2. The number of halogens is 5. The molecule has 274 valence electrons. The van der Waals surface area contributed by atoms with Gasteiger partial charge in [0.15, 0.2) is 17.6 Å². The second kappa shape index (κ2) is 31.6. The van der Waals surface area contributed by atoms with Gasteiger partial charge in [-0.2, -0.15) is 4.99 Å². The standard InChI is InChI=1S/C26H2.C11H12BrFN4O2.C6H3BrFNO2.ClH/c1-3-5-7-9-11-13-15-17-19-21-23-25-26-24-22-20-18-16-14-12-10-8-6-4-2;12-7-5-15-6-8(13)9(7)10(18)16-11(14)17-1-3-19-4-2-17;7-3-1-9-2-4(8)5(3)6(10)11;/h1-2H;5-6H,1-4H2,(H2,14,16,18);1-2H,(H,10,11);1H. The van der Waals surface area contributed by atoms with Crippen molar-refractivity contribution in [2.45, 2.75) is 0 Å². The second-order valence-electron chi connectivity index (χ2n) is 8.67. The number of aromatic carboxylic acids is 1. The molecule has 1 aliphatic heterocycles. The number of rotatable bonds is 2. The van der Waals surface area contributed by atoms with Gasteiger partial charge in [0.05, 0.1) is 40.1 Å². The summed E-state index contributed by atoms with van der Waals surface area (Å²) in [6, 6.07) is 0. The predicted octanol–water partition coefficient (Wildman–Crippen LogP) is 3.16. The Balaban J connectivity index is 0.000000880. The number of carboxylic acids is 1. The number of amides is 1. The molecule has 9 nitrogen and oxygen atoms in total. The van der Waals surface area contributed by atoms with E-state index in [1.54, 1.807) is 4.90 Å². The fourth-order valence-corrected chi connectivity index (χ4v) is 3.91. The molecule has 2 aromatic heterocycles. The first-order valence-corrected chi connectivity index (χ1v) is 16.2. The van der Waals surface area contributed by atoms with Crippen molar-refractivity contribution >= 4 is 62.1 Å². The number of pyridine rings is 2. The van der Waals surface area contributed by atoms with E-state index in [9.17, 15) is 18.4 Å². The van der Waals surface area contributed by atoms with Crippen LogP contribution in [0, 0.1) is 167 Å². The zero-order valence-electron chi connectivity index (χ0n) is 28.8. The minimum Gasteiger partial charge on any atom is -0.478 e. The SMILES string of the molecule is C#CC#CC#CC#CC#CC#CC#CC#CC#CC#CC#CC#CC#C.Cl.NC(=NC(=O)c1c(F)cncc1Br)N1CCOCC1.O=C(O)c1c(F)cncc1Br. The van der Waals surface area contributed by atoms with Crippen LogP contribution in [0.1, 0.15) is 20.7 Å². The van der Waals surface area contributed by atoms with E-state index in [1.807, 2.05) is 0 Å². The van der Waals surface area contributed by atoms with Crippen LogP contribution in [0.5, 0.6) is 0 Å². The highest BCUT2D eigenvalue weighted by Crippen LogP contribution is 2.19. The number of terminal acetylenes is 2. The minimum atomic E-state index is -1.31. The normalized spacial score (nSPS) is 9.09. The lowest BCUT2D eigenvalue weighted by atomic mass is 10.2. The second-order valence-corrected chi connectivity index (χ2v) is 10.4. The zero-order valence-corrected chi connectivity index (χ0v) is 32.7. The number of nitrogens with two attached hydrogens (primary N) is 1. The molecule has 0 radical (unpaired) electrons. The monoisotopic (exact) mass is 899 g/mol. The van der Waals surface area contributed by atoms with E-state index in [2.05, 4.69) is 189 Å². The van der Waals surface area contributed by atoms with Crippen molar-refractivity contribution in [3.05, 3.63) is 56.5 Å². The lowest BCUT2D eigenvalue weighted by Gasteiger charge is -2.27. The number of hydrogen-bond donors (Lipinski definition) is 2. The summed E-state index contributed by atoms with van der Waals surface area (Å²) < 4.78 is 31.7. The van der Waals surface area contributed by atoms with E-state index >= 15 is 0 Å². The first-order valence-electron chi connectivity index (χ1n) is 14.6. The molecule has 0 aromatic carbocycles. The summed E-state index contributed by atoms with van der Waals surface area (Å²) in [6.45, 7) is 2.17. The summed E-state index contributed by atoms with van der Waals surface area (Å²) in [7, 11) is 0. The molecule has 0 atom stereocenters. The van der Waals surface area contributed by atoms with Crippen LogP contribution in [0.2, 0.25) is 0 Å². The Bertz CT molecular complexity index is 2540. The molecule has 3 rings (SSSR count). The number of guanidine groups is 1. The highest BCUT2D eigenvalue weighted by atomic mass is 79.9. The van der Waals surface area contributed by atoms with Crippen molar-refractivity contribution in [2.24, 2.45) is 10.7 Å². The van der Waals surface area contributed by atoms with E-state index in [0.717, 1.165) is 12.4 Å². The topological polar surface area (TPSA) is 131 Å². The van der Waals surface area contributed by atoms with Crippen LogP contribution in [-0.4, -0.2) is 64.1 Å². The molecule has 0 unspecified atom stereocenters. The van der Waals surface area contributed by atoms with Gasteiger partial charge in [0, 0.05) is 72.8 Å². The maximum atomic E-state index is 13.5. The molecule has 0 aliphatic carbocycles. The van der Waals surface area contributed by atoms with Crippen molar-refractivity contribution in [3.8, 4) is 155 Å². The van der Waals surface area contributed by atoms with Crippen LogP contribution in [-0.2, 0) is 4.74 Å². The van der Waals surface area contributed by atoms with Gasteiger partial charge in [0.2, 0.25) is 0 Å². The van der Waals surface area contributed by atoms with E-state index in [4.69, 9.17) is 28.4 Å². The number of carbonyl (C=O) groups excluding carboxylic acids is 1. The molecular formula is C43H18Br2ClF2N5O4. The molecule has 1 fully saturated rings. The lowest BCUT2D eigenvalue weighted by Crippen LogP contribution is -2.45. The number of hydrogen-bond acceptors (Lipinski definition) is 5. The molecule has 14 heteroatoms. The van der Waals surface area contributed by atoms with E-state index < -0.39 is 23.5 Å². The van der Waals surface area contributed by atoms with Gasteiger partial charge < -0.3 is 20.5 Å². The van der Waals surface area contributed by atoms with Gasteiger partial charge >= 0.3 is 5.97 Å². The molecule has 2 aromatic rings. The van der Waals surface area contributed by atoms with Crippen LogP contribution in [0.3, 0.4) is 0 Å². The van der Waals surface area contributed by atoms with Crippen LogP contribution in [0.15, 0.2) is 38.7 Å². The molecule has 0 spiro atoms. The first-order chi connectivity index (χ1) is 27.1. The summed E-state index contributed by atoms with van der Waals surface area (Å²) in [5, 5.41) is 8.45. The highest BCUT2D eigenvalue weighted by molar-refractivity contribution is 9.10. The van der Waals surface area contributed by atoms with Gasteiger partial charge in [-0.3, -0.25) is 14.8 Å². The smallest absolute Gasteiger partial charge is 0.339 e. The number of aromatic nitrogens is 2. The molecule has 1 saturated heterocycles. The number of morpholine rings is 1. The Hall–Kier alpha value is -7.94. The highest BCUT2D eigenvalue weighted by Gasteiger charge is 2.19. The van der Waals surface area contributed by atoms with Gasteiger partial charge in [-0.15, -0.1) is 25.3 Å². The van der Waals surface area contributed by atoms with Crippen LogP contribution in [0.25, 0.3) is 0 Å². The number of nitrogens with zero attached hydrogens (tertiary/aromatic N) is 4. The Labute approximate surface area is 351 Å². The summed E-state index contributed by atoms with van der Waals surface area (Å²) >= 11 is 5.93. The fraction of sp³-hybridized carbons (Fsp3) is 0.0930. The molecule has 3 heterocycles. The molecule has 57 heavy (non-hydrogen) atoms. The molecule has 0 bridgehead atoms. The van der Waals surface area contributed by atoms with Crippen molar-refractivity contribution in [1.29, 1.82) is 0 Å². The fourth-order valence-electron chi connectivity index (χ4n) is 2.95. The van der Waals surface area contributed by atoms with Gasteiger partial charge in [0.25, 0.3) is 5.91 Å². The van der Waals surface area contributed by atoms with Crippen molar-refractivity contribution in [3.63, 3.8) is 0 Å². The van der Waals surface area contributed by atoms with Crippen molar-refractivity contribution in [1.82, 2.24) is 14.9 Å². The van der Waals surface area contributed by atoms with Gasteiger partial charge in [-0.05, 0) is 127 Å². The minimum absolute atomic E-state index is 0. The largest absolute Gasteiger partial charge is 0.478 e. The van der Waals surface area contributed by atoms with E-state index in [-0.39, 0.29) is 38.4 Å². The Morgan fingerprint density at radius 3 is 1.25 bits per heavy atom. The van der Waals surface area contributed by atoms with Gasteiger partial charge in [-0.25, -0.2) is 13.6 Å². The summed E-state index contributed by atoms with van der Waals surface area (Å²) in [4.78, 5) is 34.8. The molecule has 3 N–H and O–H groups in total. The lowest BCUT2D eigenvalue weighted by molar-refractivity contribution is 0.0671. The third-order valence-electron chi connectivity index (χ3n) is 5.14. The average molecular weight is 902 g/mol. The number of ether oxygens (including phenoxy) is 1. The molecule has 1 amide bonds. The van der Waals surface area contributed by atoms with E-state index in [1.165, 1.54) is 12.4 Å². The van der Waals surface area contributed by atoms with Gasteiger partial charge in [-0.1, -0.05) is 0 Å². The van der Waals surface area contributed by atoms with Gasteiger partial charge in [0.1, 0.15) is 5.56 Å². The van der Waals surface area contributed by atoms with Crippen molar-refractivity contribution in [2.75, 3.05) is 26.3 Å². The Morgan fingerprint density at radius 2 is 0.965 bits per heavy atom. The molecular weight excluding hydrogens is 884 g/mol. The average Bonchev–Trinajstić information content (AvgIpc) is 3.17. The van der Waals surface area contributed by atoms with Crippen LogP contribution in [0.4, 0.5) is 8.78 Å². The first kappa shape index (κ1) is 49.1. The Kier molecular flexibility index (Phi) is 27.2. The zero-order chi connectivity index (χ0) is 41.2. The molecule has 0 saturated carbocycles. The third-order valence-corrected chi connectivity index (χ3v) is 6.35. The van der Waals surface area contributed by atoms with Crippen molar-refractivity contribution < 1.29 is 28.2 Å². The number of carbonyl (C=O) groups is 2. The third kappa shape index (κ3) is 22.7. The quantitative estimate of drug-likeness (QED) is 0.268. The Morgan fingerprint density at radius 1 is 0.649 bits per heavy atom. The van der Waals surface area contributed by atoms with Crippen LogP contribution < -0.4 is 5.73 Å². The number of aliphatic imine (C=N–C) groups is 1.